The Labute approximate surface area is 208 Å². The molecule has 0 bridgehead atoms. The first-order valence-electron chi connectivity index (χ1n) is 11.0. The molecule has 2 aliphatic heterocycles. The molecule has 3 N–H and O–H groups in total. The topological polar surface area (TPSA) is 140 Å². The number of halogens is 1. The van der Waals surface area contributed by atoms with Crippen LogP contribution in [0.25, 0.3) is 22.3 Å². The number of aliphatic hydroxyl groups is 2. The van der Waals surface area contributed by atoms with Gasteiger partial charge in [-0.25, -0.2) is 9.37 Å². The first kappa shape index (κ1) is 24.4. The number of nitrogens with zero attached hydrogens (tertiary/aromatic N) is 2. The Bertz CT molecular complexity index is 1490. The van der Waals surface area contributed by atoms with Gasteiger partial charge in [0.25, 0.3) is 5.56 Å². The minimum atomic E-state index is -1.54. The van der Waals surface area contributed by atoms with Crippen LogP contribution in [0.1, 0.15) is 34.4 Å². The third-order valence-electron chi connectivity index (χ3n) is 6.44. The molecule has 10 nitrogen and oxygen atoms in total. The molecule has 188 valence electrons. The van der Waals surface area contributed by atoms with E-state index in [0.717, 1.165) is 0 Å². The van der Waals surface area contributed by atoms with E-state index in [-0.39, 0.29) is 30.0 Å². The van der Waals surface area contributed by atoms with Crippen LogP contribution in [0.5, 0.6) is 5.75 Å². The molecule has 1 amide bonds. The number of aliphatic hydroxyl groups excluding tert-OH is 2. The van der Waals surface area contributed by atoms with E-state index in [9.17, 15) is 29.0 Å². The molecule has 2 atom stereocenters. The third kappa shape index (κ3) is 3.60. The second-order valence-corrected chi connectivity index (χ2v) is 9.46. The molecule has 0 saturated carbocycles. The Hall–Kier alpha value is -3.32. The largest absolute Gasteiger partial charge is 0.492 e. The molecular formula is C24H22FN3O7S. The summed E-state index contributed by atoms with van der Waals surface area (Å²) in [5.74, 6) is -0.789. The molecule has 2 aromatic heterocycles. The van der Waals surface area contributed by atoms with Crippen molar-refractivity contribution in [2.45, 2.75) is 30.2 Å². The summed E-state index contributed by atoms with van der Waals surface area (Å²) in [7, 11) is 2.77. The highest BCUT2D eigenvalue weighted by Gasteiger charge is 2.36. The van der Waals surface area contributed by atoms with Crippen molar-refractivity contribution in [3.05, 3.63) is 50.6 Å². The Kier molecular flexibility index (Phi) is 6.29. The van der Waals surface area contributed by atoms with Crippen LogP contribution in [0.15, 0.2) is 21.8 Å². The zero-order chi connectivity index (χ0) is 25.7. The minimum Gasteiger partial charge on any atom is -0.492 e. The van der Waals surface area contributed by atoms with Gasteiger partial charge in [0.15, 0.2) is 17.9 Å². The SMILES string of the molecule is COCc1c(C(O)C=O)cc2n(c1=O)Cc1c-2nc2cc(F)c(OC)c3c2c1C(NC(=O)CO)CS3. The Morgan fingerprint density at radius 1 is 1.42 bits per heavy atom. The third-order valence-corrected chi connectivity index (χ3v) is 7.62. The fraction of sp³-hybridized carbons (Fsp3) is 0.333. The molecule has 3 aromatic rings. The number of aromatic nitrogens is 2. The van der Waals surface area contributed by atoms with Gasteiger partial charge in [-0.05, 0) is 11.6 Å². The van der Waals surface area contributed by atoms with E-state index in [4.69, 9.17) is 9.47 Å². The summed E-state index contributed by atoms with van der Waals surface area (Å²) in [6.07, 6.45) is -1.22. The van der Waals surface area contributed by atoms with E-state index < -0.39 is 36.0 Å². The molecule has 12 heteroatoms. The van der Waals surface area contributed by atoms with Gasteiger partial charge in [0.05, 0.1) is 48.1 Å². The maximum Gasteiger partial charge on any atom is 0.257 e. The molecule has 5 rings (SSSR count). The van der Waals surface area contributed by atoms with Gasteiger partial charge in [-0.2, -0.15) is 0 Å². The van der Waals surface area contributed by atoms with Crippen LogP contribution >= 0.6 is 11.8 Å². The number of rotatable bonds is 7. The maximum atomic E-state index is 14.9. The lowest BCUT2D eigenvalue weighted by molar-refractivity contribution is -0.124. The minimum absolute atomic E-state index is 0.0638. The summed E-state index contributed by atoms with van der Waals surface area (Å²) < 4.78 is 26.8. The molecular weight excluding hydrogens is 493 g/mol. The Balaban J connectivity index is 1.84. The van der Waals surface area contributed by atoms with Crippen molar-refractivity contribution < 1.29 is 33.7 Å². The van der Waals surface area contributed by atoms with Crippen molar-refractivity contribution in [1.82, 2.24) is 14.9 Å². The predicted molar refractivity (Wildman–Crippen MR) is 127 cm³/mol. The van der Waals surface area contributed by atoms with E-state index in [1.807, 2.05) is 0 Å². The highest BCUT2D eigenvalue weighted by atomic mass is 32.2. The molecule has 0 aliphatic carbocycles. The summed E-state index contributed by atoms with van der Waals surface area (Å²) in [6.45, 7) is -0.717. The molecule has 2 unspecified atom stereocenters. The zero-order valence-electron chi connectivity index (χ0n) is 19.3. The normalized spacial score (nSPS) is 16.4. The fourth-order valence-electron chi connectivity index (χ4n) is 4.95. The average Bonchev–Trinajstić information content (AvgIpc) is 3.24. The number of fused-ring (bicyclic) bond motifs is 4. The monoisotopic (exact) mass is 515 g/mol. The maximum absolute atomic E-state index is 14.9. The number of nitrogens with one attached hydrogen (secondary N) is 1. The van der Waals surface area contributed by atoms with Gasteiger partial charge in [-0.1, -0.05) is 0 Å². The Morgan fingerprint density at radius 2 is 2.19 bits per heavy atom. The van der Waals surface area contributed by atoms with E-state index in [2.05, 4.69) is 10.3 Å². The number of aldehydes is 1. The summed E-state index contributed by atoms with van der Waals surface area (Å²) in [5, 5.41) is 23.0. The van der Waals surface area contributed by atoms with Crippen molar-refractivity contribution in [3.8, 4) is 17.1 Å². The number of pyridine rings is 2. The van der Waals surface area contributed by atoms with Gasteiger partial charge in [0.2, 0.25) is 5.91 Å². The van der Waals surface area contributed by atoms with Crippen molar-refractivity contribution in [3.63, 3.8) is 0 Å². The average molecular weight is 516 g/mol. The van der Waals surface area contributed by atoms with Crippen LogP contribution < -0.4 is 15.6 Å². The standard InChI is InChI=1S/C24H22FN3O7S/c1-34-8-12-10(17(31)6-29)3-16-21-11(5-28(16)24(12)33)19-15(26-18(32)7-30)9-36-23-20(19)14(27-21)4-13(25)22(23)35-2/h3-4,6,15,17,30-31H,5,7-9H2,1-2H3,(H,26,32). The second-order valence-electron chi connectivity index (χ2n) is 8.43. The highest BCUT2D eigenvalue weighted by molar-refractivity contribution is 7.99. The van der Waals surface area contributed by atoms with Gasteiger partial charge >= 0.3 is 0 Å². The predicted octanol–water partition coefficient (Wildman–Crippen LogP) is 1.21. The summed E-state index contributed by atoms with van der Waals surface area (Å²) >= 11 is 1.30. The molecule has 1 aromatic carbocycles. The molecule has 2 aliphatic rings. The van der Waals surface area contributed by atoms with Crippen LogP contribution in [0.2, 0.25) is 0 Å². The molecule has 0 saturated heterocycles. The van der Waals surface area contributed by atoms with E-state index >= 15 is 0 Å². The number of hydrogen-bond acceptors (Lipinski definition) is 9. The van der Waals surface area contributed by atoms with Crippen LogP contribution in [0.4, 0.5) is 4.39 Å². The van der Waals surface area contributed by atoms with Crippen molar-refractivity contribution >= 4 is 34.9 Å². The number of carbonyl (C=O) groups excluding carboxylic acids is 2. The molecule has 0 fully saturated rings. The first-order valence-corrected chi connectivity index (χ1v) is 12.0. The molecule has 0 spiro atoms. The van der Waals surface area contributed by atoms with Crippen LogP contribution in [-0.4, -0.2) is 58.5 Å². The Morgan fingerprint density at radius 3 is 2.86 bits per heavy atom. The van der Waals surface area contributed by atoms with Crippen molar-refractivity contribution in [2.75, 3.05) is 26.6 Å². The number of benzene rings is 1. The lowest BCUT2D eigenvalue weighted by atomic mass is 9.94. The smallest absolute Gasteiger partial charge is 0.257 e. The summed E-state index contributed by atoms with van der Waals surface area (Å²) in [5.41, 5.74) is 2.11. The van der Waals surface area contributed by atoms with Crippen molar-refractivity contribution in [2.24, 2.45) is 0 Å². The van der Waals surface area contributed by atoms with Gasteiger partial charge in [-0.3, -0.25) is 9.59 Å². The zero-order valence-corrected chi connectivity index (χ0v) is 20.1. The van der Waals surface area contributed by atoms with Gasteiger partial charge in [-0.15, -0.1) is 11.8 Å². The van der Waals surface area contributed by atoms with Crippen LogP contribution in [0.3, 0.4) is 0 Å². The summed E-state index contributed by atoms with van der Waals surface area (Å²) in [6, 6.07) is 2.20. The fourth-order valence-corrected chi connectivity index (χ4v) is 6.20. The highest BCUT2D eigenvalue weighted by Crippen LogP contribution is 2.50. The lowest BCUT2D eigenvalue weighted by Crippen LogP contribution is -2.34. The number of carbonyl (C=O) groups is 2. The molecule has 4 heterocycles. The van der Waals surface area contributed by atoms with Crippen molar-refractivity contribution in [1.29, 1.82) is 0 Å². The van der Waals surface area contributed by atoms with E-state index in [1.165, 1.54) is 42.7 Å². The van der Waals surface area contributed by atoms with Gasteiger partial charge in [0.1, 0.15) is 12.7 Å². The van der Waals surface area contributed by atoms with E-state index in [1.54, 1.807) is 0 Å². The second kappa shape index (κ2) is 9.28. The number of amides is 1. The number of methoxy groups -OCH3 is 2. The summed E-state index contributed by atoms with van der Waals surface area (Å²) in [4.78, 5) is 42.2. The first-order chi connectivity index (χ1) is 17.3. The quantitative estimate of drug-likeness (QED) is 0.310. The van der Waals surface area contributed by atoms with Gasteiger partial charge < -0.3 is 34.4 Å². The lowest BCUT2D eigenvalue weighted by Gasteiger charge is -2.29. The van der Waals surface area contributed by atoms with E-state index in [0.29, 0.717) is 50.4 Å². The van der Waals surface area contributed by atoms with Crippen LogP contribution in [-0.2, 0) is 27.5 Å². The molecule has 36 heavy (non-hydrogen) atoms. The van der Waals surface area contributed by atoms with Crippen LogP contribution in [0, 0.1) is 5.82 Å². The number of ether oxygens (including phenoxy) is 2. The number of hydrogen-bond donors (Lipinski definition) is 3. The molecule has 0 radical (unpaired) electrons. The van der Waals surface area contributed by atoms with Gasteiger partial charge in [0, 0.05) is 41.0 Å². The number of thioether (sulfide) groups is 1.